The molecule has 2 heterocycles. The molecule has 2 atom stereocenters. The lowest BCUT2D eigenvalue weighted by atomic mass is 9.94. The third-order valence-corrected chi connectivity index (χ3v) is 5.80. The molecule has 6 heteroatoms. The highest BCUT2D eigenvalue weighted by atomic mass is 32.2. The van der Waals surface area contributed by atoms with Crippen molar-refractivity contribution in [3.8, 4) is 6.07 Å². The van der Waals surface area contributed by atoms with Crippen molar-refractivity contribution >= 4 is 10.0 Å². The minimum absolute atomic E-state index is 0.0125. The van der Waals surface area contributed by atoms with E-state index in [1.807, 2.05) is 13.0 Å². The van der Waals surface area contributed by atoms with Crippen LogP contribution in [0.3, 0.4) is 0 Å². The number of hydrogen-bond donors (Lipinski definition) is 0. The normalized spacial score (nSPS) is 24.9. The van der Waals surface area contributed by atoms with Crippen LogP contribution in [0, 0.1) is 17.2 Å². The Morgan fingerprint density at radius 2 is 2.21 bits per heavy atom. The lowest BCUT2D eigenvalue weighted by Crippen LogP contribution is -2.46. The van der Waals surface area contributed by atoms with Crippen LogP contribution >= 0.6 is 0 Å². The van der Waals surface area contributed by atoms with E-state index < -0.39 is 10.0 Å². The molecule has 0 saturated carbocycles. The van der Waals surface area contributed by atoms with Crippen molar-refractivity contribution in [1.82, 2.24) is 9.29 Å². The summed E-state index contributed by atoms with van der Waals surface area (Å²) in [6, 6.07) is 4.80. The highest BCUT2D eigenvalue weighted by Gasteiger charge is 2.35. The third-order valence-electron chi connectivity index (χ3n) is 3.78. The number of aromatic nitrogens is 1. The SMILES string of the molecule is CC1CCCN(S(=O)(=O)c2cccnc2C#N)C1C. The van der Waals surface area contributed by atoms with Gasteiger partial charge in [0.15, 0.2) is 5.69 Å². The number of hydrogen-bond acceptors (Lipinski definition) is 4. The maximum Gasteiger partial charge on any atom is 0.246 e. The number of piperidine rings is 1. The molecule has 1 aromatic rings. The molecule has 0 aromatic carbocycles. The Kier molecular flexibility index (Phi) is 3.88. The van der Waals surface area contributed by atoms with E-state index in [-0.39, 0.29) is 16.6 Å². The van der Waals surface area contributed by atoms with Crippen LogP contribution in [-0.2, 0) is 10.0 Å². The number of sulfonamides is 1. The predicted octanol–water partition coefficient (Wildman–Crippen LogP) is 1.76. The zero-order chi connectivity index (χ0) is 14.0. The van der Waals surface area contributed by atoms with Crippen LogP contribution in [0.5, 0.6) is 0 Å². The van der Waals surface area contributed by atoms with Crippen molar-refractivity contribution in [2.24, 2.45) is 5.92 Å². The summed E-state index contributed by atoms with van der Waals surface area (Å²) in [5.74, 6) is 0.325. The van der Waals surface area contributed by atoms with E-state index in [2.05, 4.69) is 11.9 Å². The van der Waals surface area contributed by atoms with E-state index in [1.54, 1.807) is 6.07 Å². The molecule has 2 rings (SSSR count). The first-order chi connectivity index (χ1) is 8.98. The largest absolute Gasteiger partial charge is 0.246 e. The van der Waals surface area contributed by atoms with Gasteiger partial charge in [0.2, 0.25) is 10.0 Å². The number of rotatable bonds is 2. The van der Waals surface area contributed by atoms with E-state index >= 15 is 0 Å². The molecule has 1 saturated heterocycles. The fourth-order valence-electron chi connectivity index (χ4n) is 2.45. The molecule has 1 aliphatic rings. The third kappa shape index (κ3) is 2.48. The molecule has 0 bridgehead atoms. The van der Waals surface area contributed by atoms with E-state index in [9.17, 15) is 8.42 Å². The first-order valence-electron chi connectivity index (χ1n) is 6.35. The second-order valence-corrected chi connectivity index (χ2v) is 6.80. The van der Waals surface area contributed by atoms with Crippen LogP contribution < -0.4 is 0 Å². The molecule has 5 nitrogen and oxygen atoms in total. The summed E-state index contributed by atoms with van der Waals surface area (Å²) in [4.78, 5) is 3.85. The van der Waals surface area contributed by atoms with Gasteiger partial charge in [-0.25, -0.2) is 13.4 Å². The van der Waals surface area contributed by atoms with Gasteiger partial charge >= 0.3 is 0 Å². The van der Waals surface area contributed by atoms with E-state index in [0.717, 1.165) is 12.8 Å². The Bertz CT molecular complexity index is 607. The average Bonchev–Trinajstić information content (AvgIpc) is 2.41. The zero-order valence-electron chi connectivity index (χ0n) is 11.1. The summed E-state index contributed by atoms with van der Waals surface area (Å²) < 4.78 is 26.8. The van der Waals surface area contributed by atoms with Gasteiger partial charge in [0.1, 0.15) is 11.0 Å². The molecular weight excluding hydrogens is 262 g/mol. The van der Waals surface area contributed by atoms with Crippen LogP contribution in [0.1, 0.15) is 32.4 Å². The molecule has 2 unspecified atom stereocenters. The Morgan fingerprint density at radius 1 is 1.47 bits per heavy atom. The fraction of sp³-hybridized carbons (Fsp3) is 0.538. The van der Waals surface area contributed by atoms with Crippen molar-refractivity contribution in [3.05, 3.63) is 24.0 Å². The van der Waals surface area contributed by atoms with Gasteiger partial charge in [-0.15, -0.1) is 0 Å². The van der Waals surface area contributed by atoms with Gasteiger partial charge in [0.25, 0.3) is 0 Å². The summed E-state index contributed by atoms with van der Waals surface area (Å²) in [6.07, 6.45) is 3.32. The minimum atomic E-state index is -3.64. The average molecular weight is 279 g/mol. The van der Waals surface area contributed by atoms with Crippen molar-refractivity contribution in [2.45, 2.75) is 37.6 Å². The number of nitriles is 1. The topological polar surface area (TPSA) is 74.1 Å². The van der Waals surface area contributed by atoms with E-state index in [0.29, 0.717) is 12.5 Å². The second-order valence-electron chi connectivity index (χ2n) is 4.94. The maximum absolute atomic E-state index is 12.7. The second kappa shape index (κ2) is 5.27. The number of nitrogens with zero attached hydrogens (tertiary/aromatic N) is 3. The van der Waals surface area contributed by atoms with Gasteiger partial charge in [-0.2, -0.15) is 9.57 Å². The first-order valence-corrected chi connectivity index (χ1v) is 7.79. The van der Waals surface area contributed by atoms with Crippen molar-refractivity contribution < 1.29 is 8.42 Å². The van der Waals surface area contributed by atoms with E-state index in [1.165, 1.54) is 16.6 Å². The maximum atomic E-state index is 12.7. The minimum Gasteiger partial charge on any atom is -0.244 e. The summed E-state index contributed by atoms with van der Waals surface area (Å²) in [5.41, 5.74) is -0.0343. The standard InChI is InChI=1S/C13H17N3O2S/c1-10-5-4-8-16(11(10)2)19(17,18)13-6-3-7-15-12(13)9-14/h3,6-7,10-11H,4-5,8H2,1-2H3. The van der Waals surface area contributed by atoms with Crippen molar-refractivity contribution in [2.75, 3.05) is 6.54 Å². The predicted molar refractivity (Wildman–Crippen MR) is 70.7 cm³/mol. The van der Waals surface area contributed by atoms with Crippen LogP contribution in [0.4, 0.5) is 0 Å². The lowest BCUT2D eigenvalue weighted by molar-refractivity contribution is 0.202. The molecule has 102 valence electrons. The highest BCUT2D eigenvalue weighted by Crippen LogP contribution is 2.29. The Labute approximate surface area is 113 Å². The van der Waals surface area contributed by atoms with Crippen molar-refractivity contribution in [3.63, 3.8) is 0 Å². The summed E-state index contributed by atoms with van der Waals surface area (Å²) in [5, 5.41) is 9.00. The summed E-state index contributed by atoms with van der Waals surface area (Å²) >= 11 is 0. The monoisotopic (exact) mass is 279 g/mol. The van der Waals surface area contributed by atoms with E-state index in [4.69, 9.17) is 5.26 Å². The molecule has 0 aliphatic carbocycles. The molecule has 0 radical (unpaired) electrons. The molecule has 0 spiro atoms. The Hall–Kier alpha value is -1.45. The van der Waals surface area contributed by atoms with Crippen LogP contribution in [0.25, 0.3) is 0 Å². The molecular formula is C13H17N3O2S. The van der Waals surface area contributed by atoms with Crippen LogP contribution in [0.2, 0.25) is 0 Å². The van der Waals surface area contributed by atoms with Gasteiger partial charge in [-0.3, -0.25) is 0 Å². The number of pyridine rings is 1. The molecule has 1 fully saturated rings. The van der Waals surface area contributed by atoms with Crippen LogP contribution in [-0.4, -0.2) is 30.3 Å². The van der Waals surface area contributed by atoms with Gasteiger partial charge in [0, 0.05) is 18.8 Å². The van der Waals surface area contributed by atoms with Gasteiger partial charge in [-0.1, -0.05) is 6.92 Å². The van der Waals surface area contributed by atoms with Gasteiger partial charge in [0.05, 0.1) is 0 Å². The van der Waals surface area contributed by atoms with Gasteiger partial charge in [-0.05, 0) is 37.8 Å². The zero-order valence-corrected chi connectivity index (χ0v) is 11.9. The Morgan fingerprint density at radius 3 is 2.89 bits per heavy atom. The molecule has 1 aliphatic heterocycles. The quantitative estimate of drug-likeness (QED) is 0.826. The first kappa shape index (κ1) is 14.0. The molecule has 1 aromatic heterocycles. The lowest BCUT2D eigenvalue weighted by Gasteiger charge is -2.36. The van der Waals surface area contributed by atoms with Gasteiger partial charge < -0.3 is 0 Å². The fourth-order valence-corrected chi connectivity index (χ4v) is 4.31. The molecule has 0 amide bonds. The Balaban J connectivity index is 2.45. The smallest absolute Gasteiger partial charge is 0.244 e. The molecule has 19 heavy (non-hydrogen) atoms. The van der Waals surface area contributed by atoms with Crippen LogP contribution in [0.15, 0.2) is 23.2 Å². The molecule has 0 N–H and O–H groups in total. The van der Waals surface area contributed by atoms with Crippen molar-refractivity contribution in [1.29, 1.82) is 5.26 Å². The summed E-state index contributed by atoms with van der Waals surface area (Å²) in [7, 11) is -3.64. The highest BCUT2D eigenvalue weighted by molar-refractivity contribution is 7.89. The summed E-state index contributed by atoms with van der Waals surface area (Å²) in [6.45, 7) is 4.48.